The molecule has 0 saturated heterocycles. The van der Waals surface area contributed by atoms with E-state index in [1.807, 2.05) is 18.7 Å². The van der Waals surface area contributed by atoms with Crippen LogP contribution in [0.5, 0.6) is 0 Å². The molecule has 0 aromatic carbocycles. The molecule has 0 saturated carbocycles. The highest BCUT2D eigenvalue weighted by atomic mass is 16.2. The van der Waals surface area contributed by atoms with Gasteiger partial charge in [0.2, 0.25) is 5.91 Å². The molecule has 1 amide bonds. The van der Waals surface area contributed by atoms with E-state index in [2.05, 4.69) is 19.1 Å². The third-order valence-corrected chi connectivity index (χ3v) is 3.11. The highest BCUT2D eigenvalue weighted by Crippen LogP contribution is 2.08. The predicted molar refractivity (Wildman–Crippen MR) is 75.1 cm³/mol. The molecule has 0 aliphatic rings. The van der Waals surface area contributed by atoms with Crippen molar-refractivity contribution in [2.24, 2.45) is 0 Å². The first-order valence-electron chi connectivity index (χ1n) is 7.15. The van der Waals surface area contributed by atoms with E-state index in [-0.39, 0.29) is 0 Å². The average molecular weight is 239 g/mol. The van der Waals surface area contributed by atoms with Gasteiger partial charge in [0.1, 0.15) is 0 Å². The van der Waals surface area contributed by atoms with E-state index < -0.39 is 0 Å². The van der Waals surface area contributed by atoms with Crippen molar-refractivity contribution in [3.05, 3.63) is 12.2 Å². The number of hydrogen-bond acceptors (Lipinski definition) is 1. The molecule has 17 heavy (non-hydrogen) atoms. The SMILES string of the molecule is CC=CCCCCCCCC(=O)N(CC)CC. The Balaban J connectivity index is 3.36. The Morgan fingerprint density at radius 1 is 1.00 bits per heavy atom. The number of carbonyl (C=O) groups excluding carboxylic acids is 1. The predicted octanol–water partition coefficient (Wildman–Crippen LogP) is 4.16. The van der Waals surface area contributed by atoms with E-state index in [0.717, 1.165) is 25.9 Å². The molecule has 0 aliphatic carbocycles. The maximum atomic E-state index is 11.7. The quantitative estimate of drug-likeness (QED) is 0.414. The number of carbonyl (C=O) groups is 1. The van der Waals surface area contributed by atoms with Gasteiger partial charge in [-0.3, -0.25) is 4.79 Å². The lowest BCUT2D eigenvalue weighted by molar-refractivity contribution is -0.130. The van der Waals surface area contributed by atoms with Crippen LogP contribution in [0.2, 0.25) is 0 Å². The van der Waals surface area contributed by atoms with Crippen LogP contribution in [0.1, 0.15) is 65.7 Å². The molecule has 2 nitrogen and oxygen atoms in total. The number of nitrogens with zero attached hydrogens (tertiary/aromatic N) is 1. The summed E-state index contributed by atoms with van der Waals surface area (Å²) in [6, 6.07) is 0. The van der Waals surface area contributed by atoms with Crippen LogP contribution in [0.15, 0.2) is 12.2 Å². The van der Waals surface area contributed by atoms with Crippen molar-refractivity contribution >= 4 is 5.91 Å². The van der Waals surface area contributed by atoms with Gasteiger partial charge in [0.15, 0.2) is 0 Å². The number of unbranched alkanes of at least 4 members (excludes halogenated alkanes) is 5. The van der Waals surface area contributed by atoms with Gasteiger partial charge in [-0.25, -0.2) is 0 Å². The minimum Gasteiger partial charge on any atom is -0.343 e. The van der Waals surface area contributed by atoms with Crippen LogP contribution in [0, 0.1) is 0 Å². The van der Waals surface area contributed by atoms with E-state index in [4.69, 9.17) is 0 Å². The standard InChI is InChI=1S/C15H29NO/c1-4-7-8-9-10-11-12-13-14-15(17)16(5-2)6-3/h4,7H,5-6,8-14H2,1-3H3. The Bertz CT molecular complexity index is 207. The molecular weight excluding hydrogens is 210 g/mol. The summed E-state index contributed by atoms with van der Waals surface area (Å²) in [5, 5.41) is 0. The summed E-state index contributed by atoms with van der Waals surface area (Å²) in [6.45, 7) is 7.85. The first kappa shape index (κ1) is 16.2. The van der Waals surface area contributed by atoms with Crippen molar-refractivity contribution in [2.75, 3.05) is 13.1 Å². The Hall–Kier alpha value is -0.790. The second-order valence-electron chi connectivity index (χ2n) is 4.44. The van der Waals surface area contributed by atoms with E-state index in [0.29, 0.717) is 5.91 Å². The highest BCUT2D eigenvalue weighted by molar-refractivity contribution is 5.75. The minimum atomic E-state index is 0.323. The monoisotopic (exact) mass is 239 g/mol. The zero-order chi connectivity index (χ0) is 12.9. The molecule has 0 fully saturated rings. The van der Waals surface area contributed by atoms with Crippen LogP contribution in [0.3, 0.4) is 0 Å². The van der Waals surface area contributed by atoms with Gasteiger partial charge in [-0.2, -0.15) is 0 Å². The zero-order valence-corrected chi connectivity index (χ0v) is 11.9. The van der Waals surface area contributed by atoms with Crippen LogP contribution >= 0.6 is 0 Å². The Morgan fingerprint density at radius 3 is 2.18 bits per heavy atom. The lowest BCUT2D eigenvalue weighted by Crippen LogP contribution is -2.30. The van der Waals surface area contributed by atoms with Crippen molar-refractivity contribution in [3.63, 3.8) is 0 Å². The molecule has 0 unspecified atom stereocenters. The molecule has 0 spiro atoms. The molecule has 0 radical (unpaired) electrons. The summed E-state index contributed by atoms with van der Waals surface area (Å²) >= 11 is 0. The van der Waals surface area contributed by atoms with E-state index in [1.54, 1.807) is 0 Å². The van der Waals surface area contributed by atoms with E-state index in [9.17, 15) is 4.79 Å². The number of rotatable bonds is 10. The molecular formula is C15H29NO. The largest absolute Gasteiger partial charge is 0.343 e. The number of allylic oxidation sites excluding steroid dienone is 2. The summed E-state index contributed by atoms with van der Waals surface area (Å²) in [4.78, 5) is 13.6. The van der Waals surface area contributed by atoms with Gasteiger partial charge in [0.25, 0.3) is 0 Å². The van der Waals surface area contributed by atoms with E-state index >= 15 is 0 Å². The first-order chi connectivity index (χ1) is 8.26. The van der Waals surface area contributed by atoms with Crippen molar-refractivity contribution in [1.82, 2.24) is 4.90 Å². The maximum absolute atomic E-state index is 11.7. The lowest BCUT2D eigenvalue weighted by atomic mass is 10.1. The third kappa shape index (κ3) is 8.96. The molecule has 0 bridgehead atoms. The first-order valence-corrected chi connectivity index (χ1v) is 7.15. The van der Waals surface area contributed by atoms with Gasteiger partial charge in [-0.15, -0.1) is 0 Å². The molecule has 0 aromatic rings. The van der Waals surface area contributed by atoms with Crippen LogP contribution in [0.25, 0.3) is 0 Å². The van der Waals surface area contributed by atoms with Crippen LogP contribution in [-0.4, -0.2) is 23.9 Å². The number of amides is 1. The summed E-state index contributed by atoms with van der Waals surface area (Å²) < 4.78 is 0. The smallest absolute Gasteiger partial charge is 0.222 e. The number of hydrogen-bond donors (Lipinski definition) is 0. The van der Waals surface area contributed by atoms with Gasteiger partial charge in [0, 0.05) is 19.5 Å². The third-order valence-electron chi connectivity index (χ3n) is 3.11. The fourth-order valence-electron chi connectivity index (χ4n) is 1.97. The van der Waals surface area contributed by atoms with Crippen molar-refractivity contribution in [2.45, 2.75) is 65.7 Å². The molecule has 100 valence electrons. The van der Waals surface area contributed by atoms with Gasteiger partial charge < -0.3 is 4.90 Å². The summed E-state index contributed by atoms with van der Waals surface area (Å²) in [6.07, 6.45) is 12.4. The van der Waals surface area contributed by atoms with Crippen molar-refractivity contribution < 1.29 is 4.79 Å². The van der Waals surface area contributed by atoms with Crippen molar-refractivity contribution in [1.29, 1.82) is 0 Å². The molecule has 0 rings (SSSR count). The molecule has 0 aromatic heterocycles. The Kier molecular flexibility index (Phi) is 11.1. The molecule has 0 N–H and O–H groups in total. The second-order valence-corrected chi connectivity index (χ2v) is 4.44. The normalized spacial score (nSPS) is 11.0. The van der Waals surface area contributed by atoms with Crippen molar-refractivity contribution in [3.8, 4) is 0 Å². The molecule has 2 heteroatoms. The summed E-state index contributed by atoms with van der Waals surface area (Å²) in [5.74, 6) is 0.323. The molecule has 0 aliphatic heterocycles. The Morgan fingerprint density at radius 2 is 1.59 bits per heavy atom. The lowest BCUT2D eigenvalue weighted by Gasteiger charge is -2.18. The van der Waals surface area contributed by atoms with Gasteiger partial charge in [-0.05, 0) is 40.0 Å². The minimum absolute atomic E-state index is 0.323. The van der Waals surface area contributed by atoms with Crippen LogP contribution in [-0.2, 0) is 4.79 Å². The Labute approximate surface area is 107 Å². The van der Waals surface area contributed by atoms with Gasteiger partial charge >= 0.3 is 0 Å². The summed E-state index contributed by atoms with van der Waals surface area (Å²) in [5.41, 5.74) is 0. The van der Waals surface area contributed by atoms with E-state index in [1.165, 1.54) is 32.1 Å². The average Bonchev–Trinajstić information content (AvgIpc) is 2.34. The van der Waals surface area contributed by atoms with Crippen LogP contribution < -0.4 is 0 Å². The second kappa shape index (κ2) is 11.7. The maximum Gasteiger partial charge on any atom is 0.222 e. The van der Waals surface area contributed by atoms with Gasteiger partial charge in [-0.1, -0.05) is 31.4 Å². The van der Waals surface area contributed by atoms with Gasteiger partial charge in [0.05, 0.1) is 0 Å². The highest BCUT2D eigenvalue weighted by Gasteiger charge is 2.07. The molecule has 0 atom stereocenters. The fourth-order valence-corrected chi connectivity index (χ4v) is 1.97. The fraction of sp³-hybridized carbons (Fsp3) is 0.800. The zero-order valence-electron chi connectivity index (χ0n) is 11.9. The summed E-state index contributed by atoms with van der Waals surface area (Å²) in [7, 11) is 0. The molecule has 0 heterocycles. The topological polar surface area (TPSA) is 20.3 Å². The van der Waals surface area contributed by atoms with Crippen LogP contribution in [0.4, 0.5) is 0 Å².